The third-order valence-electron chi connectivity index (χ3n) is 5.94. The molecule has 40 heavy (non-hydrogen) atoms. The fraction of sp³-hybridized carbons (Fsp3) is 0.400. The molecule has 0 saturated carbocycles. The number of alkyl carbamates (subject to hydrolysis) is 1. The van der Waals surface area contributed by atoms with Crippen molar-refractivity contribution in [3.63, 3.8) is 0 Å². The normalized spacial score (nSPS) is 13.1. The van der Waals surface area contributed by atoms with E-state index in [9.17, 15) is 9.59 Å². The summed E-state index contributed by atoms with van der Waals surface area (Å²) in [4.78, 5) is 35.0. The molecule has 2 aromatic carbocycles. The van der Waals surface area contributed by atoms with Crippen molar-refractivity contribution in [2.45, 2.75) is 65.8 Å². The standard InChI is InChI=1S/C30H40N6O3S/c1-20(2)15-24(26-19-40-29(34-26)36-28(31)32-17-22-11-7-5-8-12-22)33-27(37)25(16-21(3)4)35-30(38)39-18-23-13-9-6-10-14-23/h5-14,19-21,24-25H,15-18H2,1-4H3,(H,33,37)(H,35,38)(H3,31,32,34,36). The summed E-state index contributed by atoms with van der Waals surface area (Å²) in [5.74, 6) is 0.474. The third kappa shape index (κ3) is 10.7. The molecular weight excluding hydrogens is 524 g/mol. The predicted molar refractivity (Wildman–Crippen MR) is 161 cm³/mol. The van der Waals surface area contributed by atoms with E-state index in [2.05, 4.69) is 39.8 Å². The Hall–Kier alpha value is -3.92. The molecule has 0 bridgehead atoms. The molecule has 3 rings (SSSR count). The topological polar surface area (TPSA) is 131 Å². The van der Waals surface area contributed by atoms with E-state index < -0.39 is 12.1 Å². The van der Waals surface area contributed by atoms with Crippen molar-refractivity contribution in [3.8, 4) is 0 Å². The Morgan fingerprint density at radius 3 is 2.17 bits per heavy atom. The largest absolute Gasteiger partial charge is 0.445 e. The summed E-state index contributed by atoms with van der Waals surface area (Å²) in [6.45, 7) is 8.77. The van der Waals surface area contributed by atoms with Gasteiger partial charge < -0.3 is 26.4 Å². The number of hydrogen-bond donors (Lipinski definition) is 4. The SMILES string of the molecule is CC(C)CC(NC(=O)OCc1ccccc1)C(=O)NC(CC(C)C)c1csc(NC(N)=NCc2ccccc2)n1. The van der Waals surface area contributed by atoms with Crippen LogP contribution in [0.25, 0.3) is 0 Å². The number of anilines is 1. The lowest BCUT2D eigenvalue weighted by atomic mass is 9.99. The highest BCUT2D eigenvalue weighted by atomic mass is 32.1. The Morgan fingerprint density at radius 1 is 0.925 bits per heavy atom. The van der Waals surface area contributed by atoms with Gasteiger partial charge in [0.05, 0.1) is 18.3 Å². The number of guanidine groups is 1. The molecule has 1 heterocycles. The second-order valence-electron chi connectivity index (χ2n) is 10.5. The van der Waals surface area contributed by atoms with Crippen LogP contribution in [0, 0.1) is 11.8 Å². The molecule has 0 spiro atoms. The minimum atomic E-state index is -0.741. The smallest absolute Gasteiger partial charge is 0.408 e. The second kappa shape index (κ2) is 15.6. The number of aliphatic imine (C=N–C) groups is 1. The van der Waals surface area contributed by atoms with Gasteiger partial charge in [0.25, 0.3) is 0 Å². The Bertz CT molecular complexity index is 1230. The van der Waals surface area contributed by atoms with E-state index in [1.807, 2.05) is 79.9 Å². The summed E-state index contributed by atoms with van der Waals surface area (Å²) in [5.41, 5.74) is 8.73. The van der Waals surface area contributed by atoms with Crippen LogP contribution in [0.2, 0.25) is 0 Å². The maximum absolute atomic E-state index is 13.4. The van der Waals surface area contributed by atoms with Gasteiger partial charge in [-0.15, -0.1) is 11.3 Å². The number of thiazole rings is 1. The first-order valence-corrected chi connectivity index (χ1v) is 14.4. The summed E-state index contributed by atoms with van der Waals surface area (Å²) in [7, 11) is 0. The van der Waals surface area contributed by atoms with E-state index in [0.29, 0.717) is 30.4 Å². The van der Waals surface area contributed by atoms with Crippen molar-refractivity contribution in [1.29, 1.82) is 0 Å². The van der Waals surface area contributed by atoms with Crippen molar-refractivity contribution >= 4 is 34.4 Å². The van der Waals surface area contributed by atoms with E-state index in [4.69, 9.17) is 10.5 Å². The van der Waals surface area contributed by atoms with Crippen LogP contribution in [0.1, 0.15) is 63.4 Å². The third-order valence-corrected chi connectivity index (χ3v) is 6.72. The van der Waals surface area contributed by atoms with Crippen LogP contribution in [0.3, 0.4) is 0 Å². The molecule has 10 heteroatoms. The minimum absolute atomic E-state index is 0.130. The monoisotopic (exact) mass is 564 g/mol. The molecule has 2 amide bonds. The highest BCUT2D eigenvalue weighted by molar-refractivity contribution is 7.13. The summed E-state index contributed by atoms with van der Waals surface area (Å²) in [6, 6.07) is 18.2. The zero-order chi connectivity index (χ0) is 28.9. The maximum Gasteiger partial charge on any atom is 0.408 e. The fourth-order valence-electron chi connectivity index (χ4n) is 4.02. The molecule has 0 aliphatic heterocycles. The van der Waals surface area contributed by atoms with Gasteiger partial charge in [0.2, 0.25) is 5.91 Å². The van der Waals surface area contributed by atoms with Crippen LogP contribution >= 0.6 is 11.3 Å². The van der Waals surface area contributed by atoms with Crippen LogP contribution in [0.5, 0.6) is 0 Å². The van der Waals surface area contributed by atoms with Crippen LogP contribution < -0.4 is 21.7 Å². The first kappa shape index (κ1) is 30.6. The second-order valence-corrected chi connectivity index (χ2v) is 11.3. The van der Waals surface area contributed by atoms with E-state index >= 15 is 0 Å². The van der Waals surface area contributed by atoms with Crippen LogP contribution in [-0.2, 0) is 22.7 Å². The molecule has 1 aromatic heterocycles. The van der Waals surface area contributed by atoms with Gasteiger partial charge in [0, 0.05) is 5.38 Å². The molecule has 3 aromatic rings. The number of nitrogens with two attached hydrogens (primary N) is 1. The molecule has 5 N–H and O–H groups in total. The van der Waals surface area contributed by atoms with E-state index in [0.717, 1.165) is 16.8 Å². The maximum atomic E-state index is 13.4. The summed E-state index contributed by atoms with van der Waals surface area (Å²) in [5, 5.41) is 11.4. The van der Waals surface area contributed by atoms with Crippen molar-refractivity contribution < 1.29 is 14.3 Å². The number of carbonyl (C=O) groups is 2. The number of aromatic nitrogens is 1. The zero-order valence-electron chi connectivity index (χ0n) is 23.6. The predicted octanol–water partition coefficient (Wildman–Crippen LogP) is 5.61. The van der Waals surface area contributed by atoms with Crippen LogP contribution in [0.15, 0.2) is 71.0 Å². The molecule has 0 aliphatic rings. The Morgan fingerprint density at radius 2 is 1.55 bits per heavy atom. The van der Waals surface area contributed by atoms with E-state index in [-0.39, 0.29) is 30.4 Å². The summed E-state index contributed by atoms with van der Waals surface area (Å²) >= 11 is 1.39. The average Bonchev–Trinajstić information content (AvgIpc) is 3.39. The quantitative estimate of drug-likeness (QED) is 0.158. The van der Waals surface area contributed by atoms with Crippen molar-refractivity contribution in [1.82, 2.24) is 15.6 Å². The van der Waals surface area contributed by atoms with Gasteiger partial charge in [0.1, 0.15) is 12.6 Å². The lowest BCUT2D eigenvalue weighted by molar-refractivity contribution is -0.124. The van der Waals surface area contributed by atoms with Gasteiger partial charge >= 0.3 is 6.09 Å². The number of hydrogen-bond acceptors (Lipinski definition) is 6. The van der Waals surface area contributed by atoms with Crippen molar-refractivity contribution in [2.24, 2.45) is 22.6 Å². The van der Waals surface area contributed by atoms with Gasteiger partial charge in [-0.1, -0.05) is 88.4 Å². The van der Waals surface area contributed by atoms with Gasteiger partial charge in [-0.3, -0.25) is 4.79 Å². The average molecular weight is 565 g/mol. The number of amides is 2. The number of benzene rings is 2. The van der Waals surface area contributed by atoms with Gasteiger partial charge in [-0.2, -0.15) is 0 Å². The first-order valence-electron chi connectivity index (χ1n) is 13.5. The number of nitrogens with one attached hydrogen (secondary N) is 3. The molecule has 0 saturated heterocycles. The number of nitrogens with zero attached hydrogens (tertiary/aromatic N) is 2. The molecule has 0 fully saturated rings. The van der Waals surface area contributed by atoms with E-state index in [1.165, 1.54) is 11.3 Å². The molecule has 0 radical (unpaired) electrons. The molecule has 214 valence electrons. The molecule has 9 nitrogen and oxygen atoms in total. The minimum Gasteiger partial charge on any atom is -0.445 e. The molecule has 2 unspecified atom stereocenters. The van der Waals surface area contributed by atoms with Crippen LogP contribution in [0.4, 0.5) is 9.93 Å². The Labute approximate surface area is 240 Å². The van der Waals surface area contributed by atoms with Gasteiger partial charge in [-0.05, 0) is 35.8 Å². The first-order chi connectivity index (χ1) is 19.2. The Kier molecular flexibility index (Phi) is 12.0. The highest BCUT2D eigenvalue weighted by Crippen LogP contribution is 2.26. The van der Waals surface area contributed by atoms with Gasteiger partial charge in [-0.25, -0.2) is 14.8 Å². The summed E-state index contributed by atoms with van der Waals surface area (Å²) in [6.07, 6.45) is 0.522. The molecular formula is C30H40N6O3S. The Balaban J connectivity index is 1.63. The van der Waals surface area contributed by atoms with Gasteiger partial charge in [0.15, 0.2) is 11.1 Å². The molecule has 0 aliphatic carbocycles. The number of carbonyl (C=O) groups excluding carboxylic acids is 2. The van der Waals surface area contributed by atoms with Crippen molar-refractivity contribution in [3.05, 3.63) is 82.9 Å². The number of ether oxygens (including phenoxy) is 1. The fourth-order valence-corrected chi connectivity index (χ4v) is 4.79. The molecule has 2 atom stereocenters. The van der Waals surface area contributed by atoms with E-state index in [1.54, 1.807) is 0 Å². The lowest BCUT2D eigenvalue weighted by Crippen LogP contribution is -2.48. The highest BCUT2D eigenvalue weighted by Gasteiger charge is 2.27. The van der Waals surface area contributed by atoms with Crippen LogP contribution in [-0.4, -0.2) is 29.0 Å². The zero-order valence-corrected chi connectivity index (χ0v) is 24.4. The lowest BCUT2D eigenvalue weighted by Gasteiger charge is -2.24. The number of rotatable bonds is 13. The summed E-state index contributed by atoms with van der Waals surface area (Å²) < 4.78 is 5.36. The van der Waals surface area contributed by atoms with Crippen molar-refractivity contribution in [2.75, 3.05) is 5.32 Å².